The molecule has 1 unspecified atom stereocenters. The molecule has 0 saturated carbocycles. The fourth-order valence-corrected chi connectivity index (χ4v) is 3.77. The zero-order valence-electron chi connectivity index (χ0n) is 15.2. The lowest BCUT2D eigenvalue weighted by Gasteiger charge is -2.13. The smallest absolute Gasteiger partial charge is 0.261 e. The molecule has 2 heterocycles. The molecule has 0 fully saturated rings. The molecule has 2 N–H and O–H groups in total. The Kier molecular flexibility index (Phi) is 6.42. The second kappa shape index (κ2) is 8.98. The molecule has 2 aromatic heterocycles. The monoisotopic (exact) mass is 419 g/mol. The Morgan fingerprint density at radius 2 is 2.00 bits per heavy atom. The van der Waals surface area contributed by atoms with Crippen molar-refractivity contribution in [1.29, 1.82) is 0 Å². The van der Waals surface area contributed by atoms with Gasteiger partial charge >= 0.3 is 0 Å². The van der Waals surface area contributed by atoms with Crippen LogP contribution in [0.1, 0.15) is 28.5 Å². The van der Waals surface area contributed by atoms with Crippen LogP contribution in [0.15, 0.2) is 46.9 Å². The number of halogens is 1. The highest BCUT2D eigenvalue weighted by atomic mass is 32.2. The summed E-state index contributed by atoms with van der Waals surface area (Å²) in [7, 11) is 1.78. The van der Waals surface area contributed by atoms with Gasteiger partial charge in [0.2, 0.25) is 5.91 Å². The number of nitrogens with one attached hydrogen (secondary N) is 2. The van der Waals surface area contributed by atoms with Gasteiger partial charge in [0.05, 0.1) is 16.7 Å². The Labute approximate surface area is 169 Å². The summed E-state index contributed by atoms with van der Waals surface area (Å²) in [6, 6.07) is 8.79. The minimum absolute atomic E-state index is 0.124. The topological polar surface area (TPSA) is 88.9 Å². The van der Waals surface area contributed by atoms with Gasteiger partial charge in [-0.05, 0) is 42.6 Å². The first kappa shape index (κ1) is 20.0. The average molecular weight is 420 g/mol. The molecule has 0 aliphatic rings. The fourth-order valence-electron chi connectivity index (χ4n) is 2.43. The van der Waals surface area contributed by atoms with E-state index in [1.807, 2.05) is 18.4 Å². The van der Waals surface area contributed by atoms with Gasteiger partial charge in [0.25, 0.3) is 5.91 Å². The normalized spacial score (nSPS) is 11.8. The highest BCUT2D eigenvalue weighted by Crippen LogP contribution is 2.20. The Bertz CT molecular complexity index is 957. The first-order chi connectivity index (χ1) is 13.4. The number of nitrogens with zero attached hydrogens (tertiary/aromatic N) is 3. The molecule has 1 aromatic carbocycles. The van der Waals surface area contributed by atoms with Crippen molar-refractivity contribution in [3.8, 4) is 0 Å². The van der Waals surface area contributed by atoms with Gasteiger partial charge in [0.1, 0.15) is 5.82 Å². The van der Waals surface area contributed by atoms with Crippen LogP contribution in [0, 0.1) is 5.82 Å². The molecule has 1 atom stereocenters. The van der Waals surface area contributed by atoms with E-state index in [2.05, 4.69) is 20.8 Å². The van der Waals surface area contributed by atoms with Crippen LogP contribution in [-0.2, 0) is 11.8 Å². The van der Waals surface area contributed by atoms with E-state index in [0.29, 0.717) is 21.5 Å². The summed E-state index contributed by atoms with van der Waals surface area (Å²) in [6.07, 6.45) is 0. The maximum atomic E-state index is 12.9. The van der Waals surface area contributed by atoms with Crippen molar-refractivity contribution < 1.29 is 14.0 Å². The van der Waals surface area contributed by atoms with E-state index < -0.39 is 0 Å². The number of aromatic nitrogens is 3. The summed E-state index contributed by atoms with van der Waals surface area (Å²) in [5.41, 5.74) is 0.524. The van der Waals surface area contributed by atoms with E-state index >= 15 is 0 Å². The minimum atomic E-state index is -0.362. The second-order valence-corrected chi connectivity index (χ2v) is 7.81. The highest BCUT2D eigenvalue weighted by molar-refractivity contribution is 7.99. The molecule has 0 spiro atoms. The van der Waals surface area contributed by atoms with Gasteiger partial charge in [0.15, 0.2) is 11.0 Å². The molecule has 0 saturated heterocycles. The van der Waals surface area contributed by atoms with Crippen LogP contribution in [0.2, 0.25) is 0 Å². The van der Waals surface area contributed by atoms with Crippen molar-refractivity contribution in [2.45, 2.75) is 18.1 Å². The van der Waals surface area contributed by atoms with Crippen LogP contribution < -0.4 is 10.6 Å². The number of carbonyl (C=O) groups is 2. The van der Waals surface area contributed by atoms with Crippen molar-refractivity contribution in [2.24, 2.45) is 7.05 Å². The second-order valence-electron chi connectivity index (χ2n) is 5.92. The van der Waals surface area contributed by atoms with Gasteiger partial charge in [-0.25, -0.2) is 4.39 Å². The third kappa shape index (κ3) is 4.96. The summed E-state index contributed by atoms with van der Waals surface area (Å²) >= 11 is 2.59. The van der Waals surface area contributed by atoms with E-state index in [4.69, 9.17) is 0 Å². The number of thioether (sulfide) groups is 1. The SMILES string of the molecule is CC(NC(=O)c1cccs1)c1nnc(SCC(=O)Nc2ccc(F)cc2)n1C. The number of hydrogen-bond acceptors (Lipinski definition) is 6. The van der Waals surface area contributed by atoms with Crippen molar-refractivity contribution >= 4 is 40.6 Å². The summed E-state index contributed by atoms with van der Waals surface area (Å²) in [5.74, 6) is -0.0524. The van der Waals surface area contributed by atoms with E-state index in [9.17, 15) is 14.0 Å². The molecule has 0 aliphatic carbocycles. The zero-order chi connectivity index (χ0) is 20.1. The Morgan fingerprint density at radius 3 is 2.68 bits per heavy atom. The maximum Gasteiger partial charge on any atom is 0.261 e. The molecule has 146 valence electrons. The Hall–Kier alpha value is -2.72. The number of benzene rings is 1. The molecule has 10 heteroatoms. The Morgan fingerprint density at radius 1 is 1.25 bits per heavy atom. The third-order valence-corrected chi connectivity index (χ3v) is 5.70. The minimum Gasteiger partial charge on any atom is -0.342 e. The number of thiophene rings is 1. The van der Waals surface area contributed by atoms with E-state index in [1.165, 1.54) is 47.4 Å². The highest BCUT2D eigenvalue weighted by Gasteiger charge is 2.19. The average Bonchev–Trinajstić information content (AvgIpc) is 3.32. The zero-order valence-corrected chi connectivity index (χ0v) is 16.8. The summed E-state index contributed by atoms with van der Waals surface area (Å²) in [6.45, 7) is 1.82. The molecular formula is C18H18FN5O2S2. The molecule has 0 bridgehead atoms. The molecule has 0 aliphatic heterocycles. The Balaban J connectivity index is 1.55. The van der Waals surface area contributed by atoms with Crippen molar-refractivity contribution in [3.05, 3.63) is 58.3 Å². The van der Waals surface area contributed by atoms with Crippen LogP contribution in [0.25, 0.3) is 0 Å². The molecule has 0 radical (unpaired) electrons. The first-order valence-corrected chi connectivity index (χ1v) is 10.2. The largest absolute Gasteiger partial charge is 0.342 e. The van der Waals surface area contributed by atoms with E-state index in [0.717, 1.165) is 0 Å². The van der Waals surface area contributed by atoms with Gasteiger partial charge in [-0.3, -0.25) is 9.59 Å². The molecule has 2 amide bonds. The molecule has 28 heavy (non-hydrogen) atoms. The first-order valence-electron chi connectivity index (χ1n) is 8.36. The number of amides is 2. The standard InChI is InChI=1S/C18H18FN5O2S2/c1-11(20-17(26)14-4-3-9-27-14)16-22-23-18(24(16)2)28-10-15(25)21-13-7-5-12(19)6-8-13/h3-9,11H,10H2,1-2H3,(H,20,26)(H,21,25). The fraction of sp³-hybridized carbons (Fsp3) is 0.222. The van der Waals surface area contributed by atoms with Crippen LogP contribution in [-0.4, -0.2) is 32.3 Å². The van der Waals surface area contributed by atoms with Gasteiger partial charge < -0.3 is 15.2 Å². The van der Waals surface area contributed by atoms with Gasteiger partial charge in [-0.2, -0.15) is 0 Å². The molecule has 3 rings (SSSR count). The lowest BCUT2D eigenvalue weighted by atomic mass is 10.3. The van der Waals surface area contributed by atoms with E-state index in [1.54, 1.807) is 17.7 Å². The van der Waals surface area contributed by atoms with Crippen LogP contribution in [0.5, 0.6) is 0 Å². The number of carbonyl (C=O) groups excluding carboxylic acids is 2. The predicted octanol–water partition coefficient (Wildman–Crippen LogP) is 3.24. The number of anilines is 1. The van der Waals surface area contributed by atoms with Crippen LogP contribution in [0.3, 0.4) is 0 Å². The number of rotatable bonds is 7. The summed E-state index contributed by atoms with van der Waals surface area (Å²) in [4.78, 5) is 24.9. The van der Waals surface area contributed by atoms with Crippen molar-refractivity contribution in [2.75, 3.05) is 11.1 Å². The molecule has 3 aromatic rings. The van der Waals surface area contributed by atoms with Gasteiger partial charge in [-0.15, -0.1) is 21.5 Å². The van der Waals surface area contributed by atoms with Gasteiger partial charge in [-0.1, -0.05) is 17.8 Å². The maximum absolute atomic E-state index is 12.9. The lowest BCUT2D eigenvalue weighted by Crippen LogP contribution is -2.27. The van der Waals surface area contributed by atoms with Crippen LogP contribution in [0.4, 0.5) is 10.1 Å². The molecule has 7 nitrogen and oxygen atoms in total. The van der Waals surface area contributed by atoms with E-state index in [-0.39, 0.29) is 29.4 Å². The summed E-state index contributed by atoms with van der Waals surface area (Å²) < 4.78 is 14.6. The number of hydrogen-bond donors (Lipinski definition) is 2. The lowest BCUT2D eigenvalue weighted by molar-refractivity contribution is -0.113. The summed E-state index contributed by atoms with van der Waals surface area (Å²) in [5, 5.41) is 16.2. The molecular weight excluding hydrogens is 401 g/mol. The van der Waals surface area contributed by atoms with Crippen molar-refractivity contribution in [1.82, 2.24) is 20.1 Å². The van der Waals surface area contributed by atoms with Crippen LogP contribution >= 0.6 is 23.1 Å². The third-order valence-electron chi connectivity index (χ3n) is 3.81. The van der Waals surface area contributed by atoms with Crippen molar-refractivity contribution in [3.63, 3.8) is 0 Å². The van der Waals surface area contributed by atoms with Gasteiger partial charge in [0, 0.05) is 12.7 Å². The quantitative estimate of drug-likeness (QED) is 0.574. The predicted molar refractivity (Wildman–Crippen MR) is 107 cm³/mol.